The fourth-order valence-corrected chi connectivity index (χ4v) is 3.78. The molecule has 1 saturated heterocycles. The molecule has 0 spiro atoms. The summed E-state index contributed by atoms with van der Waals surface area (Å²) in [4.78, 5) is 4.21. The molecule has 1 aromatic carbocycles. The highest BCUT2D eigenvalue weighted by atomic mass is 32.2. The van der Waals surface area contributed by atoms with E-state index in [0.717, 1.165) is 11.3 Å². The molecule has 0 radical (unpaired) electrons. The van der Waals surface area contributed by atoms with Crippen molar-refractivity contribution in [3.63, 3.8) is 0 Å². The topological polar surface area (TPSA) is 77.5 Å². The van der Waals surface area contributed by atoms with Crippen LogP contribution in [0.15, 0.2) is 60.1 Å². The average Bonchev–Trinajstić information content (AvgIpc) is 2.67. The minimum Gasteiger partial charge on any atom is -0.379 e. The van der Waals surface area contributed by atoms with E-state index in [0.29, 0.717) is 26.2 Å². The highest BCUT2D eigenvalue weighted by Crippen LogP contribution is 2.15. The SMILES string of the molecule is O=S(=O)(C=Cc1ccccc1)N[C@@H]1CCOC[C@H]1OCc1ccccn1. The summed E-state index contributed by atoms with van der Waals surface area (Å²) in [5.41, 5.74) is 1.62. The Labute approximate surface area is 153 Å². The van der Waals surface area contributed by atoms with Gasteiger partial charge in [-0.3, -0.25) is 4.98 Å². The number of aromatic nitrogens is 1. The lowest BCUT2D eigenvalue weighted by atomic mass is 10.1. The van der Waals surface area contributed by atoms with Gasteiger partial charge in [-0.15, -0.1) is 0 Å². The fraction of sp³-hybridized carbons (Fsp3) is 0.316. The molecule has 1 fully saturated rings. The molecule has 6 nitrogen and oxygen atoms in total. The van der Waals surface area contributed by atoms with Crippen LogP contribution in [0.2, 0.25) is 0 Å². The number of hydrogen-bond donors (Lipinski definition) is 1. The van der Waals surface area contributed by atoms with Crippen molar-refractivity contribution in [1.82, 2.24) is 9.71 Å². The Kier molecular flexibility index (Phi) is 6.51. The number of pyridine rings is 1. The van der Waals surface area contributed by atoms with Gasteiger partial charge < -0.3 is 9.47 Å². The van der Waals surface area contributed by atoms with Crippen molar-refractivity contribution in [1.29, 1.82) is 0 Å². The van der Waals surface area contributed by atoms with Crippen LogP contribution < -0.4 is 4.72 Å². The molecule has 1 aliphatic rings. The quantitative estimate of drug-likeness (QED) is 0.805. The number of nitrogens with zero attached hydrogens (tertiary/aromatic N) is 1. The standard InChI is InChI=1S/C19H22N2O4S/c22-26(23,13-10-16-6-2-1-3-7-16)21-18-9-12-24-15-19(18)25-14-17-8-4-5-11-20-17/h1-8,10-11,13,18-19,21H,9,12,14-15H2/t18-,19-/m1/s1. The maximum Gasteiger partial charge on any atom is 0.234 e. The molecule has 2 aromatic rings. The predicted octanol–water partition coefficient (Wildman–Crippen LogP) is 2.35. The molecular weight excluding hydrogens is 352 g/mol. The van der Waals surface area contributed by atoms with Crippen LogP contribution in [-0.2, 0) is 26.1 Å². The Morgan fingerprint density at radius 1 is 1.19 bits per heavy atom. The lowest BCUT2D eigenvalue weighted by molar-refractivity contribution is -0.0718. The van der Waals surface area contributed by atoms with Crippen molar-refractivity contribution >= 4 is 16.1 Å². The summed E-state index contributed by atoms with van der Waals surface area (Å²) in [6, 6.07) is 14.6. The van der Waals surface area contributed by atoms with Crippen LogP contribution in [0.5, 0.6) is 0 Å². The van der Waals surface area contributed by atoms with Crippen LogP contribution >= 0.6 is 0 Å². The lowest BCUT2D eigenvalue weighted by Crippen LogP contribution is -2.49. The predicted molar refractivity (Wildman–Crippen MR) is 99.6 cm³/mol. The molecule has 0 aliphatic carbocycles. The fourth-order valence-electron chi connectivity index (χ4n) is 2.67. The first-order chi connectivity index (χ1) is 12.6. The monoisotopic (exact) mass is 374 g/mol. The molecule has 2 heterocycles. The van der Waals surface area contributed by atoms with Crippen molar-refractivity contribution in [3.8, 4) is 0 Å². The zero-order valence-electron chi connectivity index (χ0n) is 14.3. The Bertz CT molecular complexity index is 810. The van der Waals surface area contributed by atoms with E-state index in [9.17, 15) is 8.42 Å². The van der Waals surface area contributed by atoms with E-state index in [1.54, 1.807) is 12.3 Å². The Hall–Kier alpha value is -2.06. The third-order valence-electron chi connectivity index (χ3n) is 4.03. The zero-order valence-corrected chi connectivity index (χ0v) is 15.1. The molecule has 7 heteroatoms. The van der Waals surface area contributed by atoms with E-state index < -0.39 is 10.0 Å². The zero-order chi connectivity index (χ0) is 18.2. The van der Waals surface area contributed by atoms with Crippen LogP contribution in [0, 0.1) is 0 Å². The van der Waals surface area contributed by atoms with Gasteiger partial charge in [-0.05, 0) is 30.2 Å². The molecule has 2 atom stereocenters. The van der Waals surface area contributed by atoms with E-state index in [-0.39, 0.29) is 12.1 Å². The van der Waals surface area contributed by atoms with Gasteiger partial charge in [0.25, 0.3) is 0 Å². The molecular formula is C19H22N2O4S. The van der Waals surface area contributed by atoms with Crippen LogP contribution in [0.4, 0.5) is 0 Å². The second-order valence-corrected chi connectivity index (χ2v) is 7.61. The van der Waals surface area contributed by atoms with E-state index in [4.69, 9.17) is 9.47 Å². The van der Waals surface area contributed by atoms with Gasteiger partial charge in [-0.25, -0.2) is 13.1 Å². The first kappa shape index (κ1) is 18.7. The minimum atomic E-state index is -3.58. The van der Waals surface area contributed by atoms with Crippen molar-refractivity contribution < 1.29 is 17.9 Å². The van der Waals surface area contributed by atoms with Crippen LogP contribution in [0.3, 0.4) is 0 Å². The number of rotatable bonds is 7. The molecule has 0 bridgehead atoms. The number of ether oxygens (including phenoxy) is 2. The van der Waals surface area contributed by atoms with Crippen molar-refractivity contribution in [2.45, 2.75) is 25.2 Å². The normalized spacial score (nSPS) is 21.1. The van der Waals surface area contributed by atoms with Gasteiger partial charge in [-0.2, -0.15) is 0 Å². The Balaban J connectivity index is 1.61. The smallest absolute Gasteiger partial charge is 0.234 e. The summed E-state index contributed by atoms with van der Waals surface area (Å²) < 4.78 is 38.8. The molecule has 0 amide bonds. The molecule has 1 aromatic heterocycles. The van der Waals surface area contributed by atoms with Crippen molar-refractivity contribution in [3.05, 3.63) is 71.4 Å². The van der Waals surface area contributed by atoms with Gasteiger partial charge >= 0.3 is 0 Å². The molecule has 26 heavy (non-hydrogen) atoms. The van der Waals surface area contributed by atoms with Gasteiger partial charge in [0.05, 0.1) is 31.1 Å². The molecule has 1 aliphatic heterocycles. The summed E-state index contributed by atoms with van der Waals surface area (Å²) >= 11 is 0. The number of hydrogen-bond acceptors (Lipinski definition) is 5. The third kappa shape index (κ3) is 5.74. The summed E-state index contributed by atoms with van der Waals surface area (Å²) in [6.45, 7) is 1.16. The summed E-state index contributed by atoms with van der Waals surface area (Å²) in [6.07, 6.45) is 3.48. The minimum absolute atomic E-state index is 0.312. The van der Waals surface area contributed by atoms with Crippen molar-refractivity contribution in [2.75, 3.05) is 13.2 Å². The van der Waals surface area contributed by atoms with Crippen LogP contribution in [0.1, 0.15) is 17.7 Å². The molecule has 3 rings (SSSR count). The maximum atomic E-state index is 12.4. The third-order valence-corrected chi connectivity index (χ3v) is 5.16. The van der Waals surface area contributed by atoms with Crippen LogP contribution in [-0.4, -0.2) is 38.8 Å². The second kappa shape index (κ2) is 9.05. The summed E-state index contributed by atoms with van der Waals surface area (Å²) in [5, 5.41) is 1.19. The van der Waals surface area contributed by atoms with Crippen molar-refractivity contribution in [2.24, 2.45) is 0 Å². The van der Waals surface area contributed by atoms with Crippen LogP contribution in [0.25, 0.3) is 6.08 Å². The van der Waals surface area contributed by atoms with Gasteiger partial charge in [0, 0.05) is 18.2 Å². The number of benzene rings is 1. The van der Waals surface area contributed by atoms with E-state index >= 15 is 0 Å². The second-order valence-electron chi connectivity index (χ2n) is 6.02. The lowest BCUT2D eigenvalue weighted by Gasteiger charge is -2.31. The molecule has 0 unspecified atom stereocenters. The first-order valence-electron chi connectivity index (χ1n) is 8.47. The average molecular weight is 374 g/mol. The maximum absolute atomic E-state index is 12.4. The van der Waals surface area contributed by atoms with Gasteiger partial charge in [0.15, 0.2) is 0 Å². The Morgan fingerprint density at radius 3 is 2.77 bits per heavy atom. The highest BCUT2D eigenvalue weighted by molar-refractivity contribution is 7.92. The number of sulfonamides is 1. The van der Waals surface area contributed by atoms with Gasteiger partial charge in [-0.1, -0.05) is 36.4 Å². The van der Waals surface area contributed by atoms with Gasteiger partial charge in [0.1, 0.15) is 0 Å². The Morgan fingerprint density at radius 2 is 2.00 bits per heavy atom. The first-order valence-corrected chi connectivity index (χ1v) is 10.0. The summed E-state index contributed by atoms with van der Waals surface area (Å²) in [7, 11) is -3.58. The number of nitrogens with one attached hydrogen (secondary N) is 1. The van der Waals surface area contributed by atoms with Gasteiger partial charge in [0.2, 0.25) is 10.0 Å². The largest absolute Gasteiger partial charge is 0.379 e. The molecule has 0 saturated carbocycles. The highest BCUT2D eigenvalue weighted by Gasteiger charge is 2.29. The summed E-state index contributed by atoms with van der Waals surface area (Å²) in [5.74, 6) is 0. The van der Waals surface area contributed by atoms with E-state index in [1.807, 2.05) is 48.5 Å². The van der Waals surface area contributed by atoms with E-state index in [1.165, 1.54) is 5.41 Å². The molecule has 1 N–H and O–H groups in total. The molecule has 138 valence electrons. The van der Waals surface area contributed by atoms with E-state index in [2.05, 4.69) is 9.71 Å².